The number of benzene rings is 3. The second-order valence-corrected chi connectivity index (χ2v) is 11.6. The fourth-order valence-electron chi connectivity index (χ4n) is 3.64. The Morgan fingerprint density at radius 2 is 1.62 bits per heavy atom. The summed E-state index contributed by atoms with van der Waals surface area (Å²) in [7, 11) is -7.19. The highest BCUT2D eigenvalue weighted by Gasteiger charge is 2.31. The van der Waals surface area contributed by atoms with Gasteiger partial charge in [0.15, 0.2) is 9.84 Å². The predicted molar refractivity (Wildman–Crippen MR) is 124 cm³/mol. The number of carbonyl (C=O) groups is 1. The van der Waals surface area contributed by atoms with E-state index in [1.165, 1.54) is 24.3 Å². The highest BCUT2D eigenvalue weighted by molar-refractivity contribution is 7.92. The van der Waals surface area contributed by atoms with Crippen LogP contribution in [-0.4, -0.2) is 40.3 Å². The van der Waals surface area contributed by atoms with Gasteiger partial charge in [0.2, 0.25) is 10.0 Å². The Bertz CT molecular complexity index is 1350. The summed E-state index contributed by atoms with van der Waals surface area (Å²) in [4.78, 5) is 12.8. The molecule has 9 heteroatoms. The van der Waals surface area contributed by atoms with Crippen LogP contribution in [0.25, 0.3) is 11.1 Å². The lowest BCUT2D eigenvalue weighted by molar-refractivity contribution is 0.102. The maximum absolute atomic E-state index is 12.9. The third kappa shape index (κ3) is 5.07. The zero-order valence-electron chi connectivity index (χ0n) is 17.1. The Hall–Kier alpha value is -3.01. The first-order valence-electron chi connectivity index (χ1n) is 10.0. The first-order valence-corrected chi connectivity index (χ1v) is 13.3. The van der Waals surface area contributed by atoms with Gasteiger partial charge >= 0.3 is 0 Å². The number of sulfone groups is 1. The Morgan fingerprint density at radius 3 is 2.34 bits per heavy atom. The summed E-state index contributed by atoms with van der Waals surface area (Å²) >= 11 is 0. The molecule has 0 radical (unpaired) electrons. The van der Waals surface area contributed by atoms with E-state index in [4.69, 9.17) is 0 Å². The van der Waals surface area contributed by atoms with E-state index in [2.05, 4.69) is 10.0 Å². The van der Waals surface area contributed by atoms with Crippen LogP contribution in [0.3, 0.4) is 0 Å². The Morgan fingerprint density at radius 1 is 0.906 bits per heavy atom. The Labute approximate surface area is 187 Å². The van der Waals surface area contributed by atoms with Crippen LogP contribution in [0.2, 0.25) is 0 Å². The van der Waals surface area contributed by atoms with Gasteiger partial charge in [0.25, 0.3) is 5.91 Å². The highest BCUT2D eigenvalue weighted by atomic mass is 32.2. The monoisotopic (exact) mass is 470 g/mol. The minimum atomic E-state index is -3.97. The van der Waals surface area contributed by atoms with Gasteiger partial charge in [-0.15, -0.1) is 0 Å². The minimum Gasteiger partial charge on any atom is -0.321 e. The van der Waals surface area contributed by atoms with Gasteiger partial charge in [0, 0.05) is 22.9 Å². The van der Waals surface area contributed by atoms with E-state index in [0.717, 1.165) is 11.1 Å². The number of hydrogen-bond donors (Lipinski definition) is 2. The highest BCUT2D eigenvalue weighted by Crippen LogP contribution is 2.28. The molecule has 1 heterocycles. The van der Waals surface area contributed by atoms with Crippen molar-refractivity contribution in [2.75, 3.05) is 16.8 Å². The van der Waals surface area contributed by atoms with Crippen molar-refractivity contribution in [1.82, 2.24) is 4.72 Å². The normalized spacial score (nSPS) is 17.7. The molecule has 1 aliphatic heterocycles. The zero-order chi connectivity index (χ0) is 22.8. The molecule has 0 saturated carbocycles. The molecule has 32 heavy (non-hydrogen) atoms. The molecular formula is C23H22N2O5S2. The summed E-state index contributed by atoms with van der Waals surface area (Å²) in [6.07, 6.45) is 0.234. The van der Waals surface area contributed by atoms with Crippen molar-refractivity contribution < 1.29 is 21.6 Å². The molecule has 1 amide bonds. The van der Waals surface area contributed by atoms with Crippen LogP contribution in [-0.2, 0) is 19.9 Å². The lowest BCUT2D eigenvalue weighted by Gasteiger charge is -2.13. The lowest BCUT2D eigenvalue weighted by Crippen LogP contribution is -2.35. The predicted octanol–water partition coefficient (Wildman–Crippen LogP) is 3.07. The van der Waals surface area contributed by atoms with Gasteiger partial charge < -0.3 is 5.32 Å². The van der Waals surface area contributed by atoms with Gasteiger partial charge in [-0.1, -0.05) is 54.6 Å². The molecule has 166 valence electrons. The number of para-hydroxylation sites is 1. The molecular weight excluding hydrogens is 448 g/mol. The van der Waals surface area contributed by atoms with E-state index < -0.39 is 31.8 Å². The largest absolute Gasteiger partial charge is 0.321 e. The van der Waals surface area contributed by atoms with Crippen molar-refractivity contribution in [3.05, 3.63) is 84.4 Å². The van der Waals surface area contributed by atoms with Crippen LogP contribution in [0.1, 0.15) is 16.8 Å². The van der Waals surface area contributed by atoms with Gasteiger partial charge in [-0.3, -0.25) is 4.79 Å². The number of rotatable bonds is 6. The lowest BCUT2D eigenvalue weighted by atomic mass is 10.0. The molecule has 1 fully saturated rings. The van der Waals surface area contributed by atoms with Gasteiger partial charge in [-0.05, 0) is 36.2 Å². The van der Waals surface area contributed by atoms with Crippen LogP contribution in [0.15, 0.2) is 83.8 Å². The van der Waals surface area contributed by atoms with Gasteiger partial charge in [-0.25, -0.2) is 21.6 Å². The molecule has 3 aromatic rings. The second-order valence-electron chi connectivity index (χ2n) is 7.61. The van der Waals surface area contributed by atoms with Crippen molar-refractivity contribution in [2.45, 2.75) is 17.4 Å². The quantitative estimate of drug-likeness (QED) is 0.575. The first kappa shape index (κ1) is 22.2. The second kappa shape index (κ2) is 8.85. The van der Waals surface area contributed by atoms with Crippen LogP contribution in [0.5, 0.6) is 0 Å². The summed E-state index contributed by atoms with van der Waals surface area (Å²) in [5, 5.41) is 2.85. The molecule has 2 N–H and O–H groups in total. The van der Waals surface area contributed by atoms with E-state index in [1.54, 1.807) is 6.07 Å². The molecule has 0 aromatic heterocycles. The van der Waals surface area contributed by atoms with E-state index in [9.17, 15) is 21.6 Å². The molecule has 7 nitrogen and oxygen atoms in total. The van der Waals surface area contributed by atoms with Crippen molar-refractivity contribution in [1.29, 1.82) is 0 Å². The maximum Gasteiger partial charge on any atom is 0.255 e. The van der Waals surface area contributed by atoms with Crippen molar-refractivity contribution in [3.63, 3.8) is 0 Å². The SMILES string of the molecule is O=C(Nc1ccccc1-c1ccccc1)c1cccc(S(=O)(=O)NC2CCS(=O)(=O)C2)c1. The molecule has 1 atom stereocenters. The van der Waals surface area contributed by atoms with Crippen LogP contribution in [0, 0.1) is 0 Å². The molecule has 0 spiro atoms. The third-order valence-corrected chi connectivity index (χ3v) is 8.51. The maximum atomic E-state index is 12.9. The van der Waals surface area contributed by atoms with E-state index in [1.807, 2.05) is 48.5 Å². The van der Waals surface area contributed by atoms with E-state index in [0.29, 0.717) is 5.69 Å². The fraction of sp³-hybridized carbons (Fsp3) is 0.174. The summed E-state index contributed by atoms with van der Waals surface area (Å²) in [5.41, 5.74) is 2.56. The van der Waals surface area contributed by atoms with Gasteiger partial charge in [0.1, 0.15) is 0 Å². The number of hydrogen-bond acceptors (Lipinski definition) is 5. The fourth-order valence-corrected chi connectivity index (χ4v) is 6.73. The van der Waals surface area contributed by atoms with E-state index in [-0.39, 0.29) is 28.4 Å². The number of amides is 1. The van der Waals surface area contributed by atoms with E-state index >= 15 is 0 Å². The molecule has 1 aliphatic rings. The number of carbonyl (C=O) groups excluding carboxylic acids is 1. The first-order chi connectivity index (χ1) is 15.2. The summed E-state index contributed by atoms with van der Waals surface area (Å²) in [5.74, 6) is -0.708. The van der Waals surface area contributed by atoms with Crippen LogP contribution >= 0.6 is 0 Å². The summed E-state index contributed by atoms with van der Waals surface area (Å²) < 4.78 is 51.1. The topological polar surface area (TPSA) is 109 Å². The summed E-state index contributed by atoms with van der Waals surface area (Å²) in [6, 6.07) is 22.0. The Kier molecular flexibility index (Phi) is 6.14. The average Bonchev–Trinajstić information content (AvgIpc) is 3.12. The number of anilines is 1. The molecule has 0 aliphatic carbocycles. The van der Waals surface area contributed by atoms with Crippen LogP contribution < -0.4 is 10.0 Å². The van der Waals surface area contributed by atoms with Crippen molar-refractivity contribution >= 4 is 31.5 Å². The van der Waals surface area contributed by atoms with Crippen molar-refractivity contribution in [3.8, 4) is 11.1 Å². The molecule has 3 aromatic carbocycles. The molecule has 0 bridgehead atoms. The van der Waals surface area contributed by atoms with Crippen molar-refractivity contribution in [2.24, 2.45) is 0 Å². The summed E-state index contributed by atoms with van der Waals surface area (Å²) in [6.45, 7) is 0. The zero-order valence-corrected chi connectivity index (χ0v) is 18.7. The molecule has 1 unspecified atom stereocenters. The van der Waals surface area contributed by atoms with Crippen LogP contribution in [0.4, 0.5) is 5.69 Å². The average molecular weight is 471 g/mol. The minimum absolute atomic E-state index is 0.0382. The number of nitrogens with one attached hydrogen (secondary N) is 2. The van der Waals surface area contributed by atoms with Gasteiger partial charge in [0.05, 0.1) is 16.4 Å². The van der Waals surface area contributed by atoms with Gasteiger partial charge in [-0.2, -0.15) is 0 Å². The number of sulfonamides is 1. The molecule has 4 rings (SSSR count). The molecule has 1 saturated heterocycles. The standard InChI is InChI=1S/C23H22N2O5S2/c26-23(24-22-12-5-4-11-21(22)17-7-2-1-3-8-17)18-9-6-10-20(15-18)32(29,30)25-19-13-14-31(27,28)16-19/h1-12,15,19,25H,13-14,16H2,(H,24,26). The smallest absolute Gasteiger partial charge is 0.255 e. The third-order valence-electron chi connectivity index (χ3n) is 5.22. The Balaban J connectivity index is 1.55.